The van der Waals surface area contributed by atoms with Crippen LogP contribution < -0.4 is 10.1 Å². The highest BCUT2D eigenvalue weighted by Gasteiger charge is 2.24. The summed E-state index contributed by atoms with van der Waals surface area (Å²) in [4.78, 5) is 2.50. The summed E-state index contributed by atoms with van der Waals surface area (Å²) in [6.07, 6.45) is 1.11. The Bertz CT molecular complexity index is 941. The molecule has 3 aromatic rings. The number of halogens is 2. The van der Waals surface area contributed by atoms with Crippen LogP contribution >= 0.6 is 23.2 Å². The zero-order valence-corrected chi connectivity index (χ0v) is 17.7. The molecule has 1 fully saturated rings. The van der Waals surface area contributed by atoms with Gasteiger partial charge in [0.15, 0.2) is 0 Å². The largest absolute Gasteiger partial charge is 0.457 e. The van der Waals surface area contributed by atoms with E-state index in [1.807, 2.05) is 54.6 Å². The van der Waals surface area contributed by atoms with Crippen molar-refractivity contribution in [2.24, 2.45) is 0 Å². The Balaban J connectivity index is 1.70. The SMILES string of the molecule is Clc1ccc(C(c2cccc(Oc3ccccc3)c2)N2CCCNCC2)cc1Cl. The van der Waals surface area contributed by atoms with Crippen LogP contribution in [0.1, 0.15) is 23.6 Å². The Kier molecular flexibility index (Phi) is 6.73. The fraction of sp³-hybridized carbons (Fsp3) is 0.250. The van der Waals surface area contributed by atoms with Crippen molar-refractivity contribution < 1.29 is 4.74 Å². The number of rotatable bonds is 5. The molecule has 0 saturated carbocycles. The lowest BCUT2D eigenvalue weighted by atomic mass is 9.96. The summed E-state index contributed by atoms with van der Waals surface area (Å²) in [7, 11) is 0. The van der Waals surface area contributed by atoms with Crippen molar-refractivity contribution in [3.05, 3.63) is 94.0 Å². The smallest absolute Gasteiger partial charge is 0.127 e. The molecule has 1 unspecified atom stereocenters. The van der Waals surface area contributed by atoms with E-state index in [1.165, 1.54) is 5.56 Å². The monoisotopic (exact) mass is 426 g/mol. The van der Waals surface area contributed by atoms with E-state index in [1.54, 1.807) is 0 Å². The van der Waals surface area contributed by atoms with Crippen LogP contribution in [0.25, 0.3) is 0 Å². The third kappa shape index (κ3) is 5.12. The van der Waals surface area contributed by atoms with E-state index in [0.717, 1.165) is 49.7 Å². The van der Waals surface area contributed by atoms with Gasteiger partial charge in [0.1, 0.15) is 11.5 Å². The Hall–Kier alpha value is -2.04. The molecular formula is C24H24Cl2N2O. The van der Waals surface area contributed by atoms with E-state index in [4.69, 9.17) is 27.9 Å². The van der Waals surface area contributed by atoms with Crippen LogP contribution in [0.2, 0.25) is 10.0 Å². The number of ether oxygens (including phenoxy) is 1. The van der Waals surface area contributed by atoms with Crippen LogP contribution in [0.4, 0.5) is 0 Å². The second-order valence-electron chi connectivity index (χ2n) is 7.20. The first-order valence-electron chi connectivity index (χ1n) is 9.93. The second kappa shape index (κ2) is 9.64. The van der Waals surface area contributed by atoms with Gasteiger partial charge in [-0.1, -0.05) is 59.6 Å². The molecular weight excluding hydrogens is 403 g/mol. The van der Waals surface area contributed by atoms with Gasteiger partial charge in [-0.05, 0) is 60.5 Å². The molecule has 0 spiro atoms. The first-order chi connectivity index (χ1) is 14.2. The molecule has 3 aromatic carbocycles. The van der Waals surface area contributed by atoms with Gasteiger partial charge in [0.05, 0.1) is 16.1 Å². The van der Waals surface area contributed by atoms with Crippen molar-refractivity contribution in [2.75, 3.05) is 26.2 Å². The van der Waals surface area contributed by atoms with Crippen LogP contribution in [0.15, 0.2) is 72.8 Å². The van der Waals surface area contributed by atoms with Crippen LogP contribution in [0.5, 0.6) is 11.5 Å². The number of benzene rings is 3. The fourth-order valence-electron chi connectivity index (χ4n) is 3.79. The molecule has 0 amide bonds. The molecule has 0 aliphatic carbocycles. The van der Waals surface area contributed by atoms with Gasteiger partial charge < -0.3 is 10.1 Å². The van der Waals surface area contributed by atoms with Gasteiger partial charge in [-0.2, -0.15) is 0 Å². The lowest BCUT2D eigenvalue weighted by molar-refractivity contribution is 0.241. The lowest BCUT2D eigenvalue weighted by Crippen LogP contribution is -2.33. The maximum atomic E-state index is 6.37. The highest BCUT2D eigenvalue weighted by Crippen LogP contribution is 2.35. The zero-order chi connectivity index (χ0) is 20.1. The van der Waals surface area contributed by atoms with Crippen LogP contribution in [0.3, 0.4) is 0 Å². The lowest BCUT2D eigenvalue weighted by Gasteiger charge is -2.31. The average molecular weight is 427 g/mol. The summed E-state index contributed by atoms with van der Waals surface area (Å²) >= 11 is 12.6. The molecule has 0 bridgehead atoms. The van der Waals surface area contributed by atoms with Gasteiger partial charge in [-0.25, -0.2) is 0 Å². The predicted molar refractivity (Wildman–Crippen MR) is 120 cm³/mol. The van der Waals surface area contributed by atoms with Gasteiger partial charge in [-0.15, -0.1) is 0 Å². The first-order valence-corrected chi connectivity index (χ1v) is 10.7. The van der Waals surface area contributed by atoms with Crippen molar-refractivity contribution in [1.82, 2.24) is 10.2 Å². The minimum atomic E-state index is 0.0870. The van der Waals surface area contributed by atoms with Crippen LogP contribution in [-0.4, -0.2) is 31.1 Å². The maximum Gasteiger partial charge on any atom is 0.127 e. The molecule has 1 heterocycles. The normalized spacial score (nSPS) is 16.2. The van der Waals surface area contributed by atoms with E-state index in [2.05, 4.69) is 28.4 Å². The molecule has 1 N–H and O–H groups in total. The molecule has 0 radical (unpaired) electrons. The molecule has 29 heavy (non-hydrogen) atoms. The Morgan fingerprint density at radius 1 is 0.759 bits per heavy atom. The maximum absolute atomic E-state index is 6.37. The van der Waals surface area contributed by atoms with Crippen molar-refractivity contribution in [2.45, 2.75) is 12.5 Å². The van der Waals surface area contributed by atoms with E-state index in [0.29, 0.717) is 10.0 Å². The Labute approximate surface area is 182 Å². The quantitative estimate of drug-likeness (QED) is 0.527. The average Bonchev–Trinajstić information content (AvgIpc) is 3.01. The minimum absolute atomic E-state index is 0.0870. The molecule has 4 rings (SSSR count). The summed E-state index contributed by atoms with van der Waals surface area (Å²) < 4.78 is 6.08. The van der Waals surface area contributed by atoms with Gasteiger partial charge in [0.25, 0.3) is 0 Å². The molecule has 5 heteroatoms. The summed E-state index contributed by atoms with van der Waals surface area (Å²) in [5.74, 6) is 1.65. The van der Waals surface area contributed by atoms with E-state index in [-0.39, 0.29) is 6.04 Å². The topological polar surface area (TPSA) is 24.5 Å². The summed E-state index contributed by atoms with van der Waals surface area (Å²) in [6.45, 7) is 4.00. The van der Waals surface area contributed by atoms with E-state index in [9.17, 15) is 0 Å². The molecule has 1 aliphatic heterocycles. The molecule has 3 nitrogen and oxygen atoms in total. The number of hydrogen-bond acceptors (Lipinski definition) is 3. The van der Waals surface area contributed by atoms with Crippen molar-refractivity contribution in [3.63, 3.8) is 0 Å². The molecule has 1 atom stereocenters. The van der Waals surface area contributed by atoms with Crippen LogP contribution in [0, 0.1) is 0 Å². The van der Waals surface area contributed by atoms with Gasteiger partial charge >= 0.3 is 0 Å². The van der Waals surface area contributed by atoms with Crippen LogP contribution in [-0.2, 0) is 0 Å². The Morgan fingerprint density at radius 3 is 2.38 bits per heavy atom. The summed E-state index contributed by atoms with van der Waals surface area (Å²) in [5.41, 5.74) is 2.32. The third-order valence-corrected chi connectivity index (χ3v) is 5.89. The third-order valence-electron chi connectivity index (χ3n) is 5.15. The first kappa shape index (κ1) is 20.2. The highest BCUT2D eigenvalue weighted by atomic mass is 35.5. The second-order valence-corrected chi connectivity index (χ2v) is 8.02. The number of hydrogen-bond donors (Lipinski definition) is 1. The zero-order valence-electron chi connectivity index (χ0n) is 16.2. The number of nitrogens with zero attached hydrogens (tertiary/aromatic N) is 1. The highest BCUT2D eigenvalue weighted by molar-refractivity contribution is 6.42. The number of para-hydroxylation sites is 1. The van der Waals surface area contributed by atoms with E-state index >= 15 is 0 Å². The van der Waals surface area contributed by atoms with Gasteiger partial charge in [-0.3, -0.25) is 4.90 Å². The predicted octanol–water partition coefficient (Wildman–Crippen LogP) is 6.17. The number of nitrogens with one attached hydrogen (secondary N) is 1. The van der Waals surface area contributed by atoms with Crippen molar-refractivity contribution in [1.29, 1.82) is 0 Å². The van der Waals surface area contributed by atoms with Crippen molar-refractivity contribution in [3.8, 4) is 11.5 Å². The summed E-state index contributed by atoms with van der Waals surface area (Å²) in [5, 5.41) is 4.64. The standard InChI is InChI=1S/C24H24Cl2N2O/c25-22-11-10-19(17-23(22)26)24(28-14-5-12-27-13-15-28)18-6-4-9-21(16-18)29-20-7-2-1-3-8-20/h1-4,6-11,16-17,24,27H,5,12-15H2. The van der Waals surface area contributed by atoms with Gasteiger partial charge in [0, 0.05) is 19.6 Å². The molecule has 1 aliphatic rings. The molecule has 0 aromatic heterocycles. The molecule has 150 valence electrons. The van der Waals surface area contributed by atoms with E-state index < -0.39 is 0 Å². The molecule has 1 saturated heterocycles. The Morgan fingerprint density at radius 2 is 1.55 bits per heavy atom. The van der Waals surface area contributed by atoms with Crippen molar-refractivity contribution >= 4 is 23.2 Å². The minimum Gasteiger partial charge on any atom is -0.457 e. The fourth-order valence-corrected chi connectivity index (χ4v) is 4.10. The summed E-state index contributed by atoms with van der Waals surface area (Å²) in [6, 6.07) is 24.2. The van der Waals surface area contributed by atoms with Gasteiger partial charge in [0.2, 0.25) is 0 Å².